The average Bonchev–Trinajstić information content (AvgIpc) is 3.15. The molecule has 0 aliphatic carbocycles. The molecular formula is C25H22Cl2N3O4+. The molecule has 1 aliphatic heterocycles. The molecule has 0 spiro atoms. The zero-order valence-corrected chi connectivity index (χ0v) is 19.9. The van der Waals surface area contributed by atoms with E-state index in [1.165, 1.54) is 0 Å². The Morgan fingerprint density at radius 3 is 2.18 bits per heavy atom. The van der Waals surface area contributed by atoms with Crippen LogP contribution < -0.4 is 20.2 Å². The standard InChI is InChI=1S/C25H21Cl2N3O4/c1-33-19-9-4-15(5-10-19)23-22(28-24(31)16-6-11-20(34-2)12-7-16)25(32)29-30(23)14-17-3-8-18(26)13-21(17)27/h3-14,22-23H,1-2H3,(H-,28,29,31,32)/p+1/b30-14-/t22-,23+/m0/s1. The second-order valence-corrected chi connectivity index (χ2v) is 8.42. The van der Waals surface area contributed by atoms with Gasteiger partial charge >= 0.3 is 5.91 Å². The molecule has 3 aromatic carbocycles. The summed E-state index contributed by atoms with van der Waals surface area (Å²) in [6.45, 7) is 0. The third kappa shape index (κ3) is 5.00. The number of hydrogen-bond acceptors (Lipinski definition) is 4. The SMILES string of the molecule is COc1ccc(C(=O)N[C@@H]2C(=O)N/[N+](=C\c3ccc(Cl)cc3Cl)[C@@H]2c2ccc(OC)cc2)cc1. The number of nitrogens with one attached hydrogen (secondary N) is 2. The number of hydrogen-bond donors (Lipinski definition) is 2. The molecule has 4 rings (SSSR count). The fourth-order valence-electron chi connectivity index (χ4n) is 3.70. The summed E-state index contributed by atoms with van der Waals surface area (Å²) in [4.78, 5) is 26.0. The molecule has 2 N–H and O–H groups in total. The van der Waals surface area contributed by atoms with Crippen molar-refractivity contribution < 1.29 is 23.7 Å². The van der Waals surface area contributed by atoms with Gasteiger partial charge in [-0.05, 0) is 66.7 Å². The first-order valence-electron chi connectivity index (χ1n) is 10.4. The lowest BCUT2D eigenvalue weighted by atomic mass is 9.99. The van der Waals surface area contributed by atoms with Gasteiger partial charge in [-0.2, -0.15) is 0 Å². The molecule has 7 nitrogen and oxygen atoms in total. The number of ether oxygens (including phenoxy) is 2. The van der Waals surface area contributed by atoms with Crippen LogP contribution in [0.2, 0.25) is 10.0 Å². The van der Waals surface area contributed by atoms with E-state index in [1.807, 2.05) is 12.1 Å². The lowest BCUT2D eigenvalue weighted by Gasteiger charge is -2.15. The van der Waals surface area contributed by atoms with Crippen LogP contribution >= 0.6 is 23.2 Å². The van der Waals surface area contributed by atoms with Crippen molar-refractivity contribution >= 4 is 41.2 Å². The second kappa shape index (κ2) is 10.2. The van der Waals surface area contributed by atoms with Crippen LogP contribution in [0.15, 0.2) is 66.7 Å². The average molecular weight is 499 g/mol. The fourth-order valence-corrected chi connectivity index (χ4v) is 4.16. The summed E-state index contributed by atoms with van der Waals surface area (Å²) in [5, 5.41) is 3.80. The molecule has 2 amide bonds. The zero-order valence-electron chi connectivity index (χ0n) is 18.4. The molecule has 34 heavy (non-hydrogen) atoms. The number of halogens is 2. The molecule has 1 fully saturated rings. The zero-order chi connectivity index (χ0) is 24.2. The van der Waals surface area contributed by atoms with Gasteiger partial charge in [0.2, 0.25) is 12.3 Å². The van der Waals surface area contributed by atoms with Crippen molar-refractivity contribution in [1.29, 1.82) is 0 Å². The Balaban J connectivity index is 1.70. The van der Waals surface area contributed by atoms with Gasteiger partial charge in [0.15, 0.2) is 6.04 Å². The largest absolute Gasteiger partial charge is 0.497 e. The van der Waals surface area contributed by atoms with Crippen LogP contribution in [0.3, 0.4) is 0 Å². The van der Waals surface area contributed by atoms with Gasteiger partial charge in [-0.25, -0.2) is 0 Å². The van der Waals surface area contributed by atoms with Crippen LogP contribution in [0.25, 0.3) is 0 Å². The van der Waals surface area contributed by atoms with Gasteiger partial charge in [0.25, 0.3) is 5.91 Å². The van der Waals surface area contributed by atoms with Crippen molar-refractivity contribution in [2.75, 3.05) is 14.2 Å². The van der Waals surface area contributed by atoms with Crippen LogP contribution in [-0.2, 0) is 4.79 Å². The van der Waals surface area contributed by atoms with Gasteiger partial charge in [0.05, 0.1) is 24.8 Å². The van der Waals surface area contributed by atoms with Crippen LogP contribution in [0.4, 0.5) is 0 Å². The fraction of sp³-hybridized carbons (Fsp3) is 0.160. The van der Waals surface area contributed by atoms with Gasteiger partial charge in [-0.3, -0.25) is 9.59 Å². The molecule has 1 heterocycles. The summed E-state index contributed by atoms with van der Waals surface area (Å²) in [5.41, 5.74) is 4.69. The molecule has 0 unspecified atom stereocenters. The smallest absolute Gasteiger partial charge is 0.304 e. The van der Waals surface area contributed by atoms with E-state index < -0.39 is 12.1 Å². The summed E-state index contributed by atoms with van der Waals surface area (Å²) in [5.74, 6) is 0.569. The highest BCUT2D eigenvalue weighted by Crippen LogP contribution is 2.28. The van der Waals surface area contributed by atoms with Crippen LogP contribution in [0.5, 0.6) is 11.5 Å². The molecule has 1 aliphatic rings. The Morgan fingerprint density at radius 2 is 1.59 bits per heavy atom. The number of rotatable bonds is 6. The molecule has 2 atom stereocenters. The molecule has 0 bridgehead atoms. The summed E-state index contributed by atoms with van der Waals surface area (Å²) >= 11 is 12.4. The van der Waals surface area contributed by atoms with Crippen LogP contribution in [0, 0.1) is 0 Å². The van der Waals surface area contributed by atoms with Gasteiger partial charge in [-0.1, -0.05) is 23.2 Å². The first-order chi connectivity index (χ1) is 16.4. The van der Waals surface area contributed by atoms with Crippen molar-refractivity contribution in [2.45, 2.75) is 12.1 Å². The van der Waals surface area contributed by atoms with Crippen molar-refractivity contribution in [3.63, 3.8) is 0 Å². The van der Waals surface area contributed by atoms with Gasteiger partial charge in [0.1, 0.15) is 11.5 Å². The highest BCUT2D eigenvalue weighted by Gasteiger charge is 2.48. The molecule has 9 heteroatoms. The van der Waals surface area contributed by atoms with E-state index in [0.29, 0.717) is 32.7 Å². The van der Waals surface area contributed by atoms with Crippen molar-refractivity contribution in [1.82, 2.24) is 10.7 Å². The Labute approximate surface area is 206 Å². The lowest BCUT2D eigenvalue weighted by molar-refractivity contribution is -0.596. The third-order valence-electron chi connectivity index (χ3n) is 5.47. The summed E-state index contributed by atoms with van der Waals surface area (Å²) in [6.07, 6.45) is 1.71. The molecule has 0 radical (unpaired) electrons. The topological polar surface area (TPSA) is 79.7 Å². The van der Waals surface area contributed by atoms with Crippen molar-refractivity contribution in [3.8, 4) is 11.5 Å². The molecule has 1 saturated heterocycles. The predicted molar refractivity (Wildman–Crippen MR) is 130 cm³/mol. The van der Waals surface area contributed by atoms with E-state index in [0.717, 1.165) is 5.56 Å². The minimum atomic E-state index is -0.870. The molecule has 0 saturated carbocycles. The highest BCUT2D eigenvalue weighted by molar-refractivity contribution is 6.36. The summed E-state index contributed by atoms with van der Waals surface area (Å²) in [7, 11) is 3.13. The third-order valence-corrected chi connectivity index (χ3v) is 6.04. The van der Waals surface area contributed by atoms with Crippen LogP contribution in [0.1, 0.15) is 27.5 Å². The number of nitrogens with zero attached hydrogens (tertiary/aromatic N) is 1. The number of hydrazine groups is 1. The Bertz CT molecular complexity index is 1240. The first kappa shape index (κ1) is 23.6. The predicted octanol–water partition coefficient (Wildman–Crippen LogP) is 4.03. The van der Waals surface area contributed by atoms with Gasteiger partial charge in [0, 0.05) is 16.1 Å². The monoisotopic (exact) mass is 498 g/mol. The molecule has 174 valence electrons. The lowest BCUT2D eigenvalue weighted by Crippen LogP contribution is -2.42. The van der Waals surface area contributed by atoms with Gasteiger partial charge in [-0.15, -0.1) is 10.1 Å². The van der Waals surface area contributed by atoms with Gasteiger partial charge < -0.3 is 14.8 Å². The Morgan fingerprint density at radius 1 is 0.971 bits per heavy atom. The number of hydrazone groups is 1. The van der Waals surface area contributed by atoms with E-state index in [2.05, 4.69) is 10.7 Å². The van der Waals surface area contributed by atoms with E-state index >= 15 is 0 Å². The van der Waals surface area contributed by atoms with Crippen molar-refractivity contribution in [3.05, 3.63) is 93.5 Å². The number of benzene rings is 3. The van der Waals surface area contributed by atoms with Crippen molar-refractivity contribution in [2.24, 2.45) is 0 Å². The van der Waals surface area contributed by atoms with E-state index in [4.69, 9.17) is 32.7 Å². The quantitative estimate of drug-likeness (QED) is 0.503. The number of carbonyl (C=O) groups excluding carboxylic acids is 2. The summed E-state index contributed by atoms with van der Waals surface area (Å²) in [6, 6.07) is 17.6. The van der Waals surface area contributed by atoms with Crippen LogP contribution in [-0.4, -0.2) is 43.0 Å². The maximum absolute atomic E-state index is 13.0. The number of carbonyl (C=O) groups is 2. The van der Waals surface area contributed by atoms with E-state index in [1.54, 1.807) is 79.7 Å². The minimum Gasteiger partial charge on any atom is -0.497 e. The minimum absolute atomic E-state index is 0.357. The maximum atomic E-state index is 13.0. The molecule has 0 aromatic heterocycles. The van der Waals surface area contributed by atoms with E-state index in [9.17, 15) is 9.59 Å². The molecule has 3 aromatic rings. The summed E-state index contributed by atoms with van der Waals surface area (Å²) < 4.78 is 12.0. The van der Waals surface area contributed by atoms with E-state index in [-0.39, 0.29) is 11.8 Å². The second-order valence-electron chi connectivity index (χ2n) is 7.58. The Kier molecular flexibility index (Phi) is 7.05. The Hall–Kier alpha value is -3.55. The number of methoxy groups -OCH3 is 2. The first-order valence-corrected chi connectivity index (χ1v) is 11.1. The highest BCUT2D eigenvalue weighted by atomic mass is 35.5. The maximum Gasteiger partial charge on any atom is 0.304 e. The number of amides is 2. The molecular weight excluding hydrogens is 477 g/mol. The normalized spacial score (nSPS) is 18.5.